The summed E-state index contributed by atoms with van der Waals surface area (Å²) in [5.74, 6) is 0.985. The highest BCUT2D eigenvalue weighted by Crippen LogP contribution is 2.38. The number of nitrogen functional groups attached to an aromatic ring is 1. The van der Waals surface area contributed by atoms with Crippen molar-refractivity contribution in [2.24, 2.45) is 5.41 Å². The zero-order valence-electron chi connectivity index (χ0n) is 23.7. The van der Waals surface area contributed by atoms with Crippen molar-refractivity contribution in [2.75, 3.05) is 17.6 Å². The van der Waals surface area contributed by atoms with E-state index in [0.717, 1.165) is 27.6 Å². The van der Waals surface area contributed by atoms with Crippen LogP contribution < -0.4 is 11.1 Å². The molecule has 0 spiro atoms. The van der Waals surface area contributed by atoms with E-state index in [9.17, 15) is 9.59 Å². The molecule has 5 heterocycles. The largest absolute Gasteiger partial charge is 0.383 e. The standard InChI is InChI=1S/C30H30BrN9O2/c1-16-8-18(19-11-33-17(2)34-12-19)9-20-25-27(32)35-15-36-28(25)39(26(16)20)13-24(41)40-14-30(3,4)10-21(40)29(42)38-23-7-5-6-22(31)37-23/h5-9,11-12,15,21H,10,13-14H2,1-4H3,(H2,32,35,36)(H,37,38,42)/t21-/m0/s1. The predicted octanol–water partition coefficient (Wildman–Crippen LogP) is 4.66. The van der Waals surface area contributed by atoms with Crippen molar-refractivity contribution >= 4 is 61.3 Å². The first-order valence-electron chi connectivity index (χ1n) is 13.6. The topological polar surface area (TPSA) is 145 Å². The van der Waals surface area contributed by atoms with E-state index < -0.39 is 6.04 Å². The van der Waals surface area contributed by atoms with E-state index in [4.69, 9.17) is 5.73 Å². The Kier molecular flexibility index (Phi) is 6.88. The molecule has 2 amide bonds. The molecule has 0 aliphatic carbocycles. The Labute approximate surface area is 250 Å². The SMILES string of the molecule is Cc1ncc(-c2cc(C)c3c(c2)c2c(N)ncnc2n3CC(=O)N2CC(C)(C)C[C@H]2C(=O)Nc2cccc(Br)n2)cn1. The quantitative estimate of drug-likeness (QED) is 0.268. The molecule has 5 aromatic rings. The van der Waals surface area contributed by atoms with Gasteiger partial charge in [-0.1, -0.05) is 19.9 Å². The molecule has 0 saturated carbocycles. The van der Waals surface area contributed by atoms with Crippen LogP contribution in [-0.4, -0.2) is 58.8 Å². The van der Waals surface area contributed by atoms with Gasteiger partial charge >= 0.3 is 0 Å². The van der Waals surface area contributed by atoms with Crippen molar-refractivity contribution in [1.82, 2.24) is 34.4 Å². The summed E-state index contributed by atoms with van der Waals surface area (Å²) in [6.45, 7) is 8.39. The lowest BCUT2D eigenvalue weighted by Gasteiger charge is -2.25. The monoisotopic (exact) mass is 627 g/mol. The van der Waals surface area contributed by atoms with Crippen LogP contribution in [-0.2, 0) is 16.1 Å². The smallest absolute Gasteiger partial charge is 0.248 e. The summed E-state index contributed by atoms with van der Waals surface area (Å²) >= 11 is 3.34. The number of anilines is 2. The molecule has 0 bridgehead atoms. The second kappa shape index (κ2) is 10.4. The summed E-state index contributed by atoms with van der Waals surface area (Å²) in [4.78, 5) is 50.9. The van der Waals surface area contributed by atoms with Crippen LogP contribution in [0.15, 0.2) is 53.7 Å². The van der Waals surface area contributed by atoms with Gasteiger partial charge in [-0.25, -0.2) is 24.9 Å². The van der Waals surface area contributed by atoms with Gasteiger partial charge in [0.05, 0.1) is 10.9 Å². The number of nitrogens with two attached hydrogens (primary N) is 1. The Morgan fingerprint density at radius 1 is 1.10 bits per heavy atom. The number of hydrogen-bond acceptors (Lipinski definition) is 8. The van der Waals surface area contributed by atoms with E-state index in [-0.39, 0.29) is 23.8 Å². The van der Waals surface area contributed by atoms with Crippen molar-refractivity contribution in [3.8, 4) is 11.1 Å². The number of aromatic nitrogens is 6. The summed E-state index contributed by atoms with van der Waals surface area (Å²) in [5, 5.41) is 4.39. The number of carbonyl (C=O) groups excluding carboxylic acids is 2. The second-order valence-corrected chi connectivity index (χ2v) is 12.3. The molecular weight excluding hydrogens is 598 g/mol. The molecule has 6 rings (SSSR count). The van der Waals surface area contributed by atoms with Crippen LogP contribution in [0.25, 0.3) is 33.1 Å². The summed E-state index contributed by atoms with van der Waals surface area (Å²) in [5.41, 5.74) is 10.3. The van der Waals surface area contributed by atoms with E-state index in [1.807, 2.05) is 30.5 Å². The molecule has 1 aliphatic heterocycles. The summed E-state index contributed by atoms with van der Waals surface area (Å²) in [7, 11) is 0. The third-order valence-electron chi connectivity index (χ3n) is 7.67. The van der Waals surface area contributed by atoms with Gasteiger partial charge in [0.15, 0.2) is 0 Å². The lowest BCUT2D eigenvalue weighted by molar-refractivity contribution is -0.137. The highest BCUT2D eigenvalue weighted by molar-refractivity contribution is 9.10. The molecular formula is C30H30BrN9O2. The number of fused-ring (bicyclic) bond motifs is 3. The van der Waals surface area contributed by atoms with Gasteiger partial charge in [0.2, 0.25) is 11.8 Å². The van der Waals surface area contributed by atoms with E-state index in [0.29, 0.717) is 46.1 Å². The number of amides is 2. The fourth-order valence-corrected chi connectivity index (χ4v) is 6.17. The van der Waals surface area contributed by atoms with Gasteiger partial charge in [-0.05, 0) is 77.0 Å². The van der Waals surface area contributed by atoms with Crippen molar-refractivity contribution in [3.63, 3.8) is 0 Å². The maximum absolute atomic E-state index is 14.0. The lowest BCUT2D eigenvalue weighted by Crippen LogP contribution is -2.44. The fourth-order valence-electron chi connectivity index (χ4n) is 5.83. The van der Waals surface area contributed by atoms with Crippen LogP contribution in [0.2, 0.25) is 0 Å². The number of carbonyl (C=O) groups is 2. The maximum Gasteiger partial charge on any atom is 0.248 e. The molecule has 1 aliphatic rings. The average Bonchev–Trinajstić information content (AvgIpc) is 3.44. The van der Waals surface area contributed by atoms with E-state index in [1.165, 1.54) is 6.33 Å². The van der Waals surface area contributed by atoms with Gasteiger partial charge in [-0.3, -0.25) is 9.59 Å². The van der Waals surface area contributed by atoms with Crippen molar-refractivity contribution in [2.45, 2.75) is 46.7 Å². The number of likely N-dealkylation sites (tertiary alicyclic amines) is 1. The Balaban J connectivity index is 1.39. The number of aryl methyl sites for hydroxylation is 2. The van der Waals surface area contributed by atoms with Gasteiger partial charge in [0.1, 0.15) is 46.6 Å². The van der Waals surface area contributed by atoms with E-state index in [2.05, 4.69) is 60.0 Å². The highest BCUT2D eigenvalue weighted by Gasteiger charge is 2.44. The number of benzene rings is 1. The summed E-state index contributed by atoms with van der Waals surface area (Å²) < 4.78 is 2.49. The molecule has 4 aromatic heterocycles. The van der Waals surface area contributed by atoms with Gasteiger partial charge < -0.3 is 20.5 Å². The number of halogens is 1. The summed E-state index contributed by atoms with van der Waals surface area (Å²) in [6, 6.07) is 8.71. The second-order valence-electron chi connectivity index (χ2n) is 11.5. The molecule has 0 unspecified atom stereocenters. The van der Waals surface area contributed by atoms with Crippen molar-refractivity contribution in [3.05, 3.63) is 65.0 Å². The normalized spacial score (nSPS) is 16.3. The van der Waals surface area contributed by atoms with Gasteiger partial charge in [-0.15, -0.1) is 0 Å². The Bertz CT molecular complexity index is 1870. The number of hydrogen-bond donors (Lipinski definition) is 2. The molecule has 42 heavy (non-hydrogen) atoms. The fraction of sp³-hybridized carbons (Fsp3) is 0.300. The first-order valence-corrected chi connectivity index (χ1v) is 14.3. The molecule has 1 aromatic carbocycles. The molecule has 1 saturated heterocycles. The van der Waals surface area contributed by atoms with Crippen LogP contribution in [0.4, 0.5) is 11.6 Å². The Hall–Kier alpha value is -4.45. The molecule has 11 nitrogen and oxygen atoms in total. The van der Waals surface area contributed by atoms with E-state index >= 15 is 0 Å². The minimum Gasteiger partial charge on any atom is -0.383 e. The first kappa shape index (κ1) is 27.7. The molecule has 3 N–H and O–H groups in total. The van der Waals surface area contributed by atoms with E-state index in [1.54, 1.807) is 35.5 Å². The minimum atomic E-state index is -0.643. The number of nitrogens with zero attached hydrogens (tertiary/aromatic N) is 7. The van der Waals surface area contributed by atoms with Crippen LogP contribution in [0.1, 0.15) is 31.7 Å². The first-order chi connectivity index (χ1) is 20.0. The lowest BCUT2D eigenvalue weighted by atomic mass is 9.90. The number of rotatable bonds is 5. The third-order valence-corrected chi connectivity index (χ3v) is 8.11. The maximum atomic E-state index is 14.0. The molecule has 1 fully saturated rings. The van der Waals surface area contributed by atoms with Crippen molar-refractivity contribution < 1.29 is 9.59 Å². The van der Waals surface area contributed by atoms with Crippen LogP contribution in [0, 0.1) is 19.3 Å². The predicted molar refractivity (Wildman–Crippen MR) is 164 cm³/mol. The zero-order chi connectivity index (χ0) is 29.8. The Morgan fingerprint density at radius 2 is 1.86 bits per heavy atom. The number of pyridine rings is 1. The zero-order valence-corrected chi connectivity index (χ0v) is 25.3. The average molecular weight is 629 g/mol. The van der Waals surface area contributed by atoms with Crippen LogP contribution in [0.5, 0.6) is 0 Å². The molecule has 214 valence electrons. The van der Waals surface area contributed by atoms with Gasteiger partial charge in [-0.2, -0.15) is 0 Å². The number of nitrogens with one attached hydrogen (secondary N) is 1. The highest BCUT2D eigenvalue weighted by atomic mass is 79.9. The minimum absolute atomic E-state index is 0.0146. The summed E-state index contributed by atoms with van der Waals surface area (Å²) in [6.07, 6.45) is 5.51. The van der Waals surface area contributed by atoms with Crippen molar-refractivity contribution in [1.29, 1.82) is 0 Å². The van der Waals surface area contributed by atoms with Gasteiger partial charge in [0, 0.05) is 29.9 Å². The Morgan fingerprint density at radius 3 is 2.60 bits per heavy atom. The van der Waals surface area contributed by atoms with Crippen LogP contribution >= 0.6 is 15.9 Å². The third kappa shape index (κ3) is 5.06. The molecule has 1 atom stereocenters. The molecule has 0 radical (unpaired) electrons. The molecule has 12 heteroatoms. The van der Waals surface area contributed by atoms with Crippen LogP contribution in [0.3, 0.4) is 0 Å². The van der Waals surface area contributed by atoms with Gasteiger partial charge in [0.25, 0.3) is 0 Å².